The maximum atomic E-state index is 5.74. The van der Waals surface area contributed by atoms with Crippen LogP contribution in [0.3, 0.4) is 0 Å². The van der Waals surface area contributed by atoms with Gasteiger partial charge in [-0.15, -0.1) is 11.3 Å². The summed E-state index contributed by atoms with van der Waals surface area (Å²) in [4.78, 5) is 7.79. The molecule has 0 bridgehead atoms. The fourth-order valence-corrected chi connectivity index (χ4v) is 2.21. The Bertz CT molecular complexity index is 278. The molecule has 13 heavy (non-hydrogen) atoms. The largest absolute Gasteiger partial charge is 0.354 e. The van der Waals surface area contributed by atoms with E-state index in [0.29, 0.717) is 0 Å². The number of anilines is 1. The third-order valence-corrected chi connectivity index (χ3v) is 3.12. The van der Waals surface area contributed by atoms with E-state index >= 15 is 0 Å². The van der Waals surface area contributed by atoms with Crippen LogP contribution in [0.1, 0.15) is 17.5 Å². The van der Waals surface area contributed by atoms with Crippen molar-refractivity contribution in [1.29, 1.82) is 0 Å². The predicted molar refractivity (Wildman–Crippen MR) is 58.5 cm³/mol. The molecule has 0 spiro atoms. The molecular weight excluding hydrogens is 182 g/mol. The number of hydrogen-bond acceptors (Lipinski definition) is 4. The fourth-order valence-electron chi connectivity index (χ4n) is 1.09. The third kappa shape index (κ3) is 2.67. The van der Waals surface area contributed by atoms with Crippen molar-refractivity contribution in [2.45, 2.75) is 26.3 Å². The van der Waals surface area contributed by atoms with E-state index in [9.17, 15) is 0 Å². The van der Waals surface area contributed by atoms with Gasteiger partial charge in [-0.05, 0) is 20.3 Å². The lowest BCUT2D eigenvalue weighted by Gasteiger charge is -2.05. The Morgan fingerprint density at radius 2 is 2.15 bits per heavy atom. The molecule has 0 amide bonds. The van der Waals surface area contributed by atoms with E-state index in [1.807, 2.05) is 32.8 Å². The second-order valence-corrected chi connectivity index (χ2v) is 4.64. The standard InChI is InChI=1S/C9H17N3S/c1-6(10)5-8-7(2)11-9(13-8)12(3)4/h6H,5,10H2,1-4H3/t6-/m1/s1. The first kappa shape index (κ1) is 10.5. The van der Waals surface area contributed by atoms with Gasteiger partial charge in [-0.3, -0.25) is 0 Å². The first-order valence-corrected chi connectivity index (χ1v) is 5.21. The quantitative estimate of drug-likeness (QED) is 0.800. The zero-order valence-electron chi connectivity index (χ0n) is 8.66. The summed E-state index contributed by atoms with van der Waals surface area (Å²) in [6.07, 6.45) is 0.928. The molecule has 1 aromatic rings. The van der Waals surface area contributed by atoms with Gasteiger partial charge in [-0.1, -0.05) is 0 Å². The zero-order valence-corrected chi connectivity index (χ0v) is 9.48. The summed E-state index contributed by atoms with van der Waals surface area (Å²) in [5, 5.41) is 1.06. The van der Waals surface area contributed by atoms with Crippen LogP contribution in [0.25, 0.3) is 0 Å². The predicted octanol–water partition coefficient (Wildman–Crippen LogP) is 1.41. The Morgan fingerprint density at radius 3 is 2.54 bits per heavy atom. The number of aromatic nitrogens is 1. The van der Waals surface area contributed by atoms with E-state index in [-0.39, 0.29) is 6.04 Å². The van der Waals surface area contributed by atoms with Crippen LogP contribution in [0.15, 0.2) is 0 Å². The Labute approximate surface area is 83.6 Å². The van der Waals surface area contributed by atoms with Crippen molar-refractivity contribution in [3.8, 4) is 0 Å². The molecule has 1 atom stereocenters. The monoisotopic (exact) mass is 199 g/mol. The van der Waals surface area contributed by atoms with E-state index in [4.69, 9.17) is 5.73 Å². The molecule has 74 valence electrons. The fraction of sp³-hybridized carbons (Fsp3) is 0.667. The van der Waals surface area contributed by atoms with Crippen LogP contribution >= 0.6 is 11.3 Å². The molecule has 3 nitrogen and oxygen atoms in total. The van der Waals surface area contributed by atoms with Crippen LogP contribution < -0.4 is 10.6 Å². The maximum Gasteiger partial charge on any atom is 0.185 e. The van der Waals surface area contributed by atoms with E-state index < -0.39 is 0 Å². The minimum atomic E-state index is 0.217. The van der Waals surface area contributed by atoms with Crippen molar-refractivity contribution in [1.82, 2.24) is 4.98 Å². The molecule has 0 aliphatic rings. The van der Waals surface area contributed by atoms with Crippen LogP contribution in [0.2, 0.25) is 0 Å². The number of hydrogen-bond donors (Lipinski definition) is 1. The molecule has 4 heteroatoms. The lowest BCUT2D eigenvalue weighted by molar-refractivity contribution is 0.742. The number of nitrogens with zero attached hydrogens (tertiary/aromatic N) is 2. The molecule has 0 fully saturated rings. The third-order valence-electron chi connectivity index (χ3n) is 1.77. The molecule has 0 radical (unpaired) electrons. The highest BCUT2D eigenvalue weighted by molar-refractivity contribution is 7.15. The van der Waals surface area contributed by atoms with Crippen molar-refractivity contribution in [2.75, 3.05) is 19.0 Å². The molecular formula is C9H17N3S. The van der Waals surface area contributed by atoms with Crippen molar-refractivity contribution < 1.29 is 0 Å². The van der Waals surface area contributed by atoms with Gasteiger partial charge < -0.3 is 10.6 Å². The average Bonchev–Trinajstić information content (AvgIpc) is 2.31. The van der Waals surface area contributed by atoms with Crippen molar-refractivity contribution >= 4 is 16.5 Å². The zero-order chi connectivity index (χ0) is 10.0. The summed E-state index contributed by atoms with van der Waals surface area (Å²) in [6.45, 7) is 4.07. The summed E-state index contributed by atoms with van der Waals surface area (Å²) in [5.74, 6) is 0. The van der Waals surface area contributed by atoms with Crippen LogP contribution in [-0.4, -0.2) is 25.1 Å². The summed E-state index contributed by atoms with van der Waals surface area (Å²) in [5.41, 5.74) is 6.86. The van der Waals surface area contributed by atoms with E-state index in [2.05, 4.69) is 4.98 Å². The summed E-state index contributed by atoms with van der Waals surface area (Å²) in [7, 11) is 4.02. The van der Waals surface area contributed by atoms with Crippen molar-refractivity contribution in [3.63, 3.8) is 0 Å². The highest BCUT2D eigenvalue weighted by atomic mass is 32.1. The lowest BCUT2D eigenvalue weighted by atomic mass is 10.2. The minimum Gasteiger partial charge on any atom is -0.354 e. The SMILES string of the molecule is Cc1nc(N(C)C)sc1C[C@@H](C)N. The van der Waals surface area contributed by atoms with E-state index in [1.54, 1.807) is 11.3 Å². The van der Waals surface area contributed by atoms with E-state index in [0.717, 1.165) is 17.2 Å². The average molecular weight is 199 g/mol. The van der Waals surface area contributed by atoms with Gasteiger partial charge in [0.15, 0.2) is 5.13 Å². The van der Waals surface area contributed by atoms with Gasteiger partial charge in [0.05, 0.1) is 5.69 Å². The second-order valence-electron chi connectivity index (χ2n) is 3.58. The molecule has 0 saturated carbocycles. The van der Waals surface area contributed by atoms with Gasteiger partial charge in [0.2, 0.25) is 0 Å². The van der Waals surface area contributed by atoms with Gasteiger partial charge in [-0.25, -0.2) is 4.98 Å². The molecule has 0 saturated heterocycles. The Hall–Kier alpha value is -0.610. The highest BCUT2D eigenvalue weighted by Crippen LogP contribution is 2.25. The van der Waals surface area contributed by atoms with Crippen LogP contribution in [-0.2, 0) is 6.42 Å². The lowest BCUT2D eigenvalue weighted by Crippen LogP contribution is -2.17. The molecule has 1 aromatic heterocycles. The summed E-state index contributed by atoms with van der Waals surface area (Å²) >= 11 is 1.73. The van der Waals surface area contributed by atoms with Gasteiger partial charge in [0, 0.05) is 25.0 Å². The first-order valence-electron chi connectivity index (χ1n) is 4.40. The minimum absolute atomic E-state index is 0.217. The van der Waals surface area contributed by atoms with Crippen LogP contribution in [0.4, 0.5) is 5.13 Å². The van der Waals surface area contributed by atoms with Crippen molar-refractivity contribution in [2.24, 2.45) is 5.73 Å². The molecule has 0 aliphatic heterocycles. The number of nitrogens with two attached hydrogens (primary N) is 1. The smallest absolute Gasteiger partial charge is 0.185 e. The van der Waals surface area contributed by atoms with Gasteiger partial charge in [0.25, 0.3) is 0 Å². The van der Waals surface area contributed by atoms with Gasteiger partial charge >= 0.3 is 0 Å². The molecule has 1 heterocycles. The first-order chi connectivity index (χ1) is 6.00. The van der Waals surface area contributed by atoms with Crippen molar-refractivity contribution in [3.05, 3.63) is 10.6 Å². The maximum absolute atomic E-state index is 5.74. The molecule has 0 unspecified atom stereocenters. The number of rotatable bonds is 3. The molecule has 2 N–H and O–H groups in total. The van der Waals surface area contributed by atoms with Gasteiger partial charge in [-0.2, -0.15) is 0 Å². The van der Waals surface area contributed by atoms with Crippen LogP contribution in [0.5, 0.6) is 0 Å². The molecule has 1 rings (SSSR count). The summed E-state index contributed by atoms with van der Waals surface area (Å²) < 4.78 is 0. The number of aryl methyl sites for hydroxylation is 1. The van der Waals surface area contributed by atoms with E-state index in [1.165, 1.54) is 4.88 Å². The van der Waals surface area contributed by atoms with Crippen LogP contribution in [0, 0.1) is 6.92 Å². The topological polar surface area (TPSA) is 42.2 Å². The number of thiazole rings is 1. The normalized spacial score (nSPS) is 13.0. The second kappa shape index (κ2) is 4.07. The summed E-state index contributed by atoms with van der Waals surface area (Å²) in [6, 6.07) is 0.217. The molecule has 0 aliphatic carbocycles. The Kier molecular flexibility index (Phi) is 3.27. The highest BCUT2D eigenvalue weighted by Gasteiger charge is 2.09. The molecule has 0 aromatic carbocycles. The Balaban J connectivity index is 2.83. The van der Waals surface area contributed by atoms with Gasteiger partial charge in [0.1, 0.15) is 0 Å². The Morgan fingerprint density at radius 1 is 1.54 bits per heavy atom.